The molecule has 8 heteroatoms. The Morgan fingerprint density at radius 2 is 1.75 bits per heavy atom. The van der Waals surface area contributed by atoms with Gasteiger partial charge in [0, 0.05) is 19.6 Å². The third kappa shape index (κ3) is 4.57. The standard InChI is InChI=1S/C20H27N3O5/c1-14(2)13-17(18(24)21-28-12-9-22-7-10-27-11-8-22)23-19(25)15-5-3-4-6-16(15)20(23)26/h3-6,14,17H,7-13H2,1-2H3,(H,21,24). The number of carbonyl (C=O) groups is 3. The molecular weight excluding hydrogens is 362 g/mol. The van der Waals surface area contributed by atoms with Crippen molar-refractivity contribution in [2.45, 2.75) is 26.3 Å². The molecule has 0 bridgehead atoms. The van der Waals surface area contributed by atoms with E-state index >= 15 is 0 Å². The lowest BCUT2D eigenvalue weighted by molar-refractivity contribution is -0.138. The van der Waals surface area contributed by atoms with E-state index < -0.39 is 23.8 Å². The number of ether oxygens (including phenoxy) is 1. The summed E-state index contributed by atoms with van der Waals surface area (Å²) in [6.07, 6.45) is 0.365. The highest BCUT2D eigenvalue weighted by atomic mass is 16.7. The zero-order valence-corrected chi connectivity index (χ0v) is 16.3. The van der Waals surface area contributed by atoms with Crippen LogP contribution in [0.4, 0.5) is 0 Å². The quantitative estimate of drug-likeness (QED) is 0.407. The van der Waals surface area contributed by atoms with Crippen LogP contribution in [0.1, 0.15) is 41.0 Å². The maximum atomic E-state index is 12.7. The molecule has 1 atom stereocenters. The first kappa shape index (κ1) is 20.4. The Balaban J connectivity index is 1.61. The molecule has 1 saturated heterocycles. The van der Waals surface area contributed by atoms with Gasteiger partial charge < -0.3 is 4.74 Å². The van der Waals surface area contributed by atoms with Crippen LogP contribution in [0, 0.1) is 5.92 Å². The lowest BCUT2D eigenvalue weighted by Gasteiger charge is -2.27. The number of carbonyl (C=O) groups excluding carboxylic acids is 3. The highest BCUT2D eigenvalue weighted by molar-refractivity contribution is 6.22. The highest BCUT2D eigenvalue weighted by Gasteiger charge is 2.42. The van der Waals surface area contributed by atoms with Crippen LogP contribution >= 0.6 is 0 Å². The first-order chi connectivity index (χ1) is 13.5. The van der Waals surface area contributed by atoms with E-state index in [1.807, 2.05) is 13.8 Å². The van der Waals surface area contributed by atoms with Gasteiger partial charge in [0.1, 0.15) is 6.04 Å². The predicted molar refractivity (Wildman–Crippen MR) is 102 cm³/mol. The van der Waals surface area contributed by atoms with Crippen LogP contribution in [-0.2, 0) is 14.4 Å². The number of imide groups is 1. The Morgan fingerprint density at radius 1 is 1.14 bits per heavy atom. The summed E-state index contributed by atoms with van der Waals surface area (Å²) in [4.78, 5) is 46.8. The van der Waals surface area contributed by atoms with E-state index in [0.29, 0.717) is 43.9 Å². The number of hydrogen-bond donors (Lipinski definition) is 1. The molecular formula is C20H27N3O5. The molecule has 2 heterocycles. The van der Waals surface area contributed by atoms with E-state index in [9.17, 15) is 14.4 Å². The van der Waals surface area contributed by atoms with Gasteiger partial charge in [-0.1, -0.05) is 26.0 Å². The van der Waals surface area contributed by atoms with Gasteiger partial charge in [-0.3, -0.25) is 29.0 Å². The first-order valence-electron chi connectivity index (χ1n) is 9.67. The topological polar surface area (TPSA) is 88.2 Å². The molecule has 152 valence electrons. The number of rotatable bonds is 8. The SMILES string of the molecule is CC(C)CC(C(=O)NOCCN1CCOCC1)N1C(=O)c2ccccc2C1=O. The van der Waals surface area contributed by atoms with Crippen molar-refractivity contribution in [1.82, 2.24) is 15.3 Å². The van der Waals surface area contributed by atoms with E-state index in [4.69, 9.17) is 9.57 Å². The maximum absolute atomic E-state index is 12.7. The van der Waals surface area contributed by atoms with Crippen LogP contribution in [0.5, 0.6) is 0 Å². The van der Waals surface area contributed by atoms with Crippen LogP contribution < -0.4 is 5.48 Å². The Bertz CT molecular complexity index is 695. The number of hydrogen-bond acceptors (Lipinski definition) is 6. The van der Waals surface area contributed by atoms with Crippen LogP contribution in [0.15, 0.2) is 24.3 Å². The summed E-state index contributed by atoms with van der Waals surface area (Å²) in [5.41, 5.74) is 3.10. The van der Waals surface area contributed by atoms with Crippen molar-refractivity contribution < 1.29 is 24.0 Å². The Kier molecular flexibility index (Phi) is 6.77. The molecule has 0 aromatic heterocycles. The average molecular weight is 389 g/mol. The molecule has 3 amide bonds. The summed E-state index contributed by atoms with van der Waals surface area (Å²) in [5, 5.41) is 0. The number of fused-ring (bicyclic) bond motifs is 1. The van der Waals surface area contributed by atoms with Gasteiger partial charge in [0.25, 0.3) is 17.7 Å². The van der Waals surface area contributed by atoms with E-state index in [1.165, 1.54) is 0 Å². The van der Waals surface area contributed by atoms with Crippen LogP contribution in [-0.4, -0.2) is 73.0 Å². The normalized spacial score (nSPS) is 18.5. The summed E-state index contributed by atoms with van der Waals surface area (Å²) in [6, 6.07) is 5.73. The molecule has 2 aliphatic heterocycles. The van der Waals surface area contributed by atoms with Gasteiger partial charge >= 0.3 is 0 Å². The van der Waals surface area contributed by atoms with Crippen molar-refractivity contribution in [2.75, 3.05) is 39.5 Å². The fraction of sp³-hybridized carbons (Fsp3) is 0.550. The lowest BCUT2D eigenvalue weighted by atomic mass is 10.0. The van der Waals surface area contributed by atoms with Crippen molar-refractivity contribution in [3.05, 3.63) is 35.4 Å². The molecule has 1 N–H and O–H groups in total. The van der Waals surface area contributed by atoms with E-state index in [0.717, 1.165) is 18.0 Å². The molecule has 0 saturated carbocycles. The molecule has 1 aromatic carbocycles. The maximum Gasteiger partial charge on any atom is 0.266 e. The van der Waals surface area contributed by atoms with Crippen LogP contribution in [0.2, 0.25) is 0 Å². The highest BCUT2D eigenvalue weighted by Crippen LogP contribution is 2.26. The molecule has 1 unspecified atom stereocenters. The van der Waals surface area contributed by atoms with Gasteiger partial charge in [0.15, 0.2) is 0 Å². The van der Waals surface area contributed by atoms with Gasteiger partial charge in [-0.25, -0.2) is 5.48 Å². The summed E-state index contributed by atoms with van der Waals surface area (Å²) < 4.78 is 5.29. The molecule has 1 aromatic rings. The van der Waals surface area contributed by atoms with E-state index in [2.05, 4.69) is 10.4 Å². The summed E-state index contributed by atoms with van der Waals surface area (Å²) >= 11 is 0. The van der Waals surface area contributed by atoms with Crippen molar-refractivity contribution in [3.63, 3.8) is 0 Å². The second kappa shape index (κ2) is 9.27. The van der Waals surface area contributed by atoms with Crippen molar-refractivity contribution in [3.8, 4) is 0 Å². The average Bonchev–Trinajstić information content (AvgIpc) is 2.95. The van der Waals surface area contributed by atoms with Crippen LogP contribution in [0.25, 0.3) is 0 Å². The van der Waals surface area contributed by atoms with Gasteiger partial charge in [-0.05, 0) is 24.5 Å². The largest absolute Gasteiger partial charge is 0.379 e. The van der Waals surface area contributed by atoms with Gasteiger partial charge in [-0.15, -0.1) is 0 Å². The Labute approximate surface area is 164 Å². The second-order valence-electron chi connectivity index (χ2n) is 7.44. The summed E-state index contributed by atoms with van der Waals surface area (Å²) in [7, 11) is 0. The summed E-state index contributed by atoms with van der Waals surface area (Å²) in [5.74, 6) is -1.23. The third-order valence-corrected chi connectivity index (χ3v) is 4.92. The smallest absolute Gasteiger partial charge is 0.266 e. The number of benzene rings is 1. The molecule has 1 fully saturated rings. The molecule has 0 aliphatic carbocycles. The molecule has 2 aliphatic rings. The van der Waals surface area contributed by atoms with Crippen molar-refractivity contribution >= 4 is 17.7 Å². The number of nitrogens with one attached hydrogen (secondary N) is 1. The van der Waals surface area contributed by atoms with Crippen LogP contribution in [0.3, 0.4) is 0 Å². The minimum atomic E-state index is -0.907. The minimum Gasteiger partial charge on any atom is -0.379 e. The van der Waals surface area contributed by atoms with Crippen molar-refractivity contribution in [2.24, 2.45) is 5.92 Å². The Morgan fingerprint density at radius 3 is 2.32 bits per heavy atom. The monoisotopic (exact) mass is 389 g/mol. The predicted octanol–water partition coefficient (Wildman–Crippen LogP) is 1.08. The third-order valence-electron chi connectivity index (χ3n) is 4.92. The number of hydroxylamine groups is 1. The number of morpholine rings is 1. The zero-order valence-electron chi connectivity index (χ0n) is 16.3. The van der Waals surface area contributed by atoms with E-state index in [1.54, 1.807) is 24.3 Å². The van der Waals surface area contributed by atoms with E-state index in [-0.39, 0.29) is 5.92 Å². The molecule has 28 heavy (non-hydrogen) atoms. The molecule has 0 spiro atoms. The molecule has 3 rings (SSSR count). The van der Waals surface area contributed by atoms with Gasteiger partial charge in [0.2, 0.25) is 0 Å². The fourth-order valence-electron chi connectivity index (χ4n) is 3.46. The molecule has 8 nitrogen and oxygen atoms in total. The van der Waals surface area contributed by atoms with Crippen molar-refractivity contribution in [1.29, 1.82) is 0 Å². The van der Waals surface area contributed by atoms with Gasteiger partial charge in [0.05, 0.1) is 30.9 Å². The number of nitrogens with zero attached hydrogens (tertiary/aromatic N) is 2. The lowest BCUT2D eigenvalue weighted by Crippen LogP contribution is -2.50. The minimum absolute atomic E-state index is 0.119. The van der Waals surface area contributed by atoms with Gasteiger partial charge in [-0.2, -0.15) is 0 Å². The fourth-order valence-corrected chi connectivity index (χ4v) is 3.46. The first-order valence-corrected chi connectivity index (χ1v) is 9.67. The Hall–Kier alpha value is -2.29. The number of amides is 3. The summed E-state index contributed by atoms with van der Waals surface area (Å²) in [6.45, 7) is 7.94. The second-order valence-corrected chi connectivity index (χ2v) is 7.44. The molecule has 0 radical (unpaired) electrons. The zero-order chi connectivity index (χ0) is 20.1.